The molecule has 2 aromatic rings. The summed E-state index contributed by atoms with van der Waals surface area (Å²) in [6, 6.07) is 5.46. The van der Waals surface area contributed by atoms with Gasteiger partial charge in [-0.1, -0.05) is 11.6 Å². The summed E-state index contributed by atoms with van der Waals surface area (Å²) in [7, 11) is 1.36. The fourth-order valence-corrected chi connectivity index (χ4v) is 5.03. The lowest BCUT2D eigenvalue weighted by Crippen LogP contribution is -2.40. The Kier molecular flexibility index (Phi) is 4.95. The number of thiazole rings is 1. The zero-order valence-electron chi connectivity index (χ0n) is 15.7. The van der Waals surface area contributed by atoms with Gasteiger partial charge in [-0.25, -0.2) is 9.78 Å². The van der Waals surface area contributed by atoms with Gasteiger partial charge in [-0.05, 0) is 30.2 Å². The minimum absolute atomic E-state index is 0.0663. The van der Waals surface area contributed by atoms with Crippen LogP contribution >= 0.6 is 22.9 Å². The number of hydrogen-bond acceptors (Lipinski definition) is 6. The molecule has 8 nitrogen and oxygen atoms in total. The van der Waals surface area contributed by atoms with Gasteiger partial charge in [0.25, 0.3) is 5.91 Å². The van der Waals surface area contributed by atoms with Gasteiger partial charge in [-0.15, -0.1) is 11.3 Å². The number of hydrogen-bond donors (Lipinski definition) is 1. The van der Waals surface area contributed by atoms with Crippen LogP contribution in [0.5, 0.6) is 0 Å². The molecule has 1 unspecified atom stereocenters. The second-order valence-electron chi connectivity index (χ2n) is 7.22. The molecule has 4 rings (SSSR count). The van der Waals surface area contributed by atoms with E-state index >= 15 is 0 Å². The molecule has 10 heteroatoms. The summed E-state index contributed by atoms with van der Waals surface area (Å²) >= 11 is 7.36. The van der Waals surface area contributed by atoms with Gasteiger partial charge < -0.3 is 20.3 Å². The number of carbonyl (C=O) groups is 3. The maximum atomic E-state index is 13.1. The number of methoxy groups -OCH3 is 1. The van der Waals surface area contributed by atoms with Crippen molar-refractivity contribution < 1.29 is 19.1 Å². The summed E-state index contributed by atoms with van der Waals surface area (Å²) in [4.78, 5) is 44.2. The molecular formula is C19H19ClN4O4S. The molecule has 3 amide bonds. The zero-order chi connectivity index (χ0) is 20.8. The monoisotopic (exact) mass is 434 g/mol. The largest absolute Gasteiger partial charge is 0.453 e. The molecule has 2 aliphatic heterocycles. The van der Waals surface area contributed by atoms with Gasteiger partial charge in [0, 0.05) is 35.8 Å². The van der Waals surface area contributed by atoms with Crippen LogP contribution in [-0.4, -0.2) is 54.5 Å². The third kappa shape index (κ3) is 3.44. The fourth-order valence-electron chi connectivity index (χ4n) is 4.10. The van der Waals surface area contributed by atoms with Gasteiger partial charge in [0.1, 0.15) is 9.88 Å². The molecule has 1 atom stereocenters. The highest BCUT2D eigenvalue weighted by Crippen LogP contribution is 2.47. The summed E-state index contributed by atoms with van der Waals surface area (Å²) in [6.07, 6.45) is 1.79. The minimum Gasteiger partial charge on any atom is -0.453 e. The molecule has 0 saturated carbocycles. The molecule has 152 valence electrons. The molecule has 2 N–H and O–H groups in total. The number of ether oxygens (including phenoxy) is 1. The Morgan fingerprint density at radius 2 is 2.14 bits per heavy atom. The summed E-state index contributed by atoms with van der Waals surface area (Å²) in [6.45, 7) is 1.46. The second kappa shape index (κ2) is 7.31. The molecule has 29 heavy (non-hydrogen) atoms. The summed E-state index contributed by atoms with van der Waals surface area (Å²) in [5.41, 5.74) is 6.63. The lowest BCUT2D eigenvalue weighted by atomic mass is 9.81. The van der Waals surface area contributed by atoms with Crippen molar-refractivity contribution in [3.63, 3.8) is 0 Å². The van der Waals surface area contributed by atoms with Crippen molar-refractivity contribution in [2.45, 2.75) is 18.3 Å². The Morgan fingerprint density at radius 1 is 1.34 bits per heavy atom. The zero-order valence-corrected chi connectivity index (χ0v) is 17.3. The van der Waals surface area contributed by atoms with Crippen molar-refractivity contribution in [3.8, 4) is 0 Å². The highest BCUT2D eigenvalue weighted by Gasteiger charge is 2.50. The number of halogens is 1. The second-order valence-corrected chi connectivity index (χ2v) is 8.77. The van der Waals surface area contributed by atoms with Crippen molar-refractivity contribution in [1.82, 2.24) is 9.88 Å². The summed E-state index contributed by atoms with van der Waals surface area (Å²) < 4.78 is 4.86. The number of rotatable bonds is 3. The van der Waals surface area contributed by atoms with E-state index in [2.05, 4.69) is 4.98 Å². The molecule has 0 bridgehead atoms. The van der Waals surface area contributed by atoms with E-state index in [1.165, 1.54) is 13.3 Å². The van der Waals surface area contributed by atoms with E-state index in [-0.39, 0.29) is 23.8 Å². The molecule has 2 aliphatic rings. The number of fused-ring (bicyclic) bond motifs is 2. The van der Waals surface area contributed by atoms with Crippen LogP contribution in [-0.2, 0) is 21.4 Å². The molecule has 0 aliphatic carbocycles. The van der Waals surface area contributed by atoms with Crippen LogP contribution in [0.4, 0.5) is 10.5 Å². The highest BCUT2D eigenvalue weighted by molar-refractivity contribution is 7.13. The van der Waals surface area contributed by atoms with Crippen molar-refractivity contribution in [2.75, 3.05) is 31.6 Å². The molecule has 1 aromatic heterocycles. The van der Waals surface area contributed by atoms with Crippen LogP contribution in [0, 0.1) is 0 Å². The van der Waals surface area contributed by atoms with Gasteiger partial charge in [0.2, 0.25) is 5.91 Å². The number of aromatic nitrogens is 1. The number of carbonyl (C=O) groups excluding carboxylic acids is 3. The summed E-state index contributed by atoms with van der Waals surface area (Å²) in [5.74, 6) is -0.692. The standard InChI is InChI=1S/C19H19ClN4O4S/c1-28-18(27)23-5-4-19(9-23)10-24(13-3-2-11(20)6-12(13)19)16(25)7-15-22-8-14(29-15)17(21)26/h2-3,6,8H,4-5,7,9-10H2,1H3,(H2,21,26). The van der Waals surface area contributed by atoms with Gasteiger partial charge in [0.15, 0.2) is 0 Å². The Bertz CT molecular complexity index is 1010. The Morgan fingerprint density at radius 3 is 2.83 bits per heavy atom. The Hall–Kier alpha value is -2.65. The fraction of sp³-hybridized carbons (Fsp3) is 0.368. The van der Waals surface area contributed by atoms with Crippen molar-refractivity contribution in [2.24, 2.45) is 5.73 Å². The number of primary amides is 1. The molecule has 1 aromatic carbocycles. The van der Waals surface area contributed by atoms with Crippen molar-refractivity contribution in [1.29, 1.82) is 0 Å². The molecule has 1 saturated heterocycles. The predicted molar refractivity (Wildman–Crippen MR) is 108 cm³/mol. The van der Waals surface area contributed by atoms with E-state index in [1.807, 2.05) is 12.1 Å². The van der Waals surface area contributed by atoms with Crippen LogP contribution < -0.4 is 10.6 Å². The molecular weight excluding hydrogens is 416 g/mol. The number of benzene rings is 1. The normalized spacial score (nSPS) is 20.2. The maximum Gasteiger partial charge on any atom is 0.409 e. The van der Waals surface area contributed by atoms with Crippen LogP contribution in [0.1, 0.15) is 26.7 Å². The third-order valence-corrected chi connectivity index (χ3v) is 6.72. The van der Waals surface area contributed by atoms with Gasteiger partial charge in [-0.2, -0.15) is 0 Å². The number of nitrogens with two attached hydrogens (primary N) is 1. The van der Waals surface area contributed by atoms with E-state index in [1.54, 1.807) is 15.9 Å². The average molecular weight is 435 g/mol. The van der Waals surface area contributed by atoms with Crippen molar-refractivity contribution >= 4 is 46.5 Å². The average Bonchev–Trinajstić information content (AvgIpc) is 3.40. The number of anilines is 1. The first kappa shape index (κ1) is 19.7. The third-order valence-electron chi connectivity index (χ3n) is 5.47. The topological polar surface area (TPSA) is 106 Å². The first-order valence-corrected chi connectivity index (χ1v) is 10.2. The SMILES string of the molecule is COC(=O)N1CCC2(C1)CN(C(=O)Cc1ncc(C(N)=O)s1)c1ccc(Cl)cc12. The molecule has 3 heterocycles. The van der Waals surface area contributed by atoms with Gasteiger partial charge in [0.05, 0.1) is 19.7 Å². The van der Waals surface area contributed by atoms with E-state index in [0.29, 0.717) is 41.0 Å². The smallest absolute Gasteiger partial charge is 0.409 e. The Labute approximate surface area is 176 Å². The molecule has 0 radical (unpaired) electrons. The molecule has 1 fully saturated rings. The minimum atomic E-state index is -0.560. The maximum absolute atomic E-state index is 13.1. The van der Waals surface area contributed by atoms with Gasteiger partial charge >= 0.3 is 6.09 Å². The van der Waals surface area contributed by atoms with Crippen LogP contribution in [0.15, 0.2) is 24.4 Å². The predicted octanol–water partition coefficient (Wildman–Crippen LogP) is 2.19. The van der Waals surface area contributed by atoms with E-state index in [9.17, 15) is 14.4 Å². The number of amides is 3. The number of nitrogens with zero attached hydrogens (tertiary/aromatic N) is 3. The van der Waals surface area contributed by atoms with Gasteiger partial charge in [-0.3, -0.25) is 9.59 Å². The first-order chi connectivity index (χ1) is 13.8. The number of likely N-dealkylation sites (tertiary alicyclic amines) is 1. The van der Waals surface area contributed by atoms with Crippen molar-refractivity contribution in [3.05, 3.63) is 44.9 Å². The van der Waals surface area contributed by atoms with E-state index in [0.717, 1.165) is 22.6 Å². The highest BCUT2D eigenvalue weighted by atomic mass is 35.5. The first-order valence-electron chi connectivity index (χ1n) is 9.01. The molecule has 1 spiro atoms. The van der Waals surface area contributed by atoms with Crippen LogP contribution in [0.2, 0.25) is 5.02 Å². The Balaban J connectivity index is 1.61. The van der Waals surface area contributed by atoms with E-state index in [4.69, 9.17) is 22.1 Å². The van der Waals surface area contributed by atoms with Crippen LogP contribution in [0.3, 0.4) is 0 Å². The summed E-state index contributed by atoms with van der Waals surface area (Å²) in [5, 5.41) is 1.11. The quantitative estimate of drug-likeness (QED) is 0.797. The van der Waals surface area contributed by atoms with Crippen LogP contribution in [0.25, 0.3) is 0 Å². The lowest BCUT2D eigenvalue weighted by Gasteiger charge is -2.25. The van der Waals surface area contributed by atoms with E-state index < -0.39 is 5.91 Å². The lowest BCUT2D eigenvalue weighted by molar-refractivity contribution is -0.118.